The fourth-order valence-corrected chi connectivity index (χ4v) is 6.42. The third kappa shape index (κ3) is 12.8. The maximum absolute atomic E-state index is 12.4. The molecule has 240 valence electrons. The zero-order chi connectivity index (χ0) is 29.6. The third-order valence-corrected chi connectivity index (χ3v) is 8.64. The SMILES string of the molecule is CCCCCCCCCCCCCCCCCCCCCC(=O)OC[C@@H]1O[C@H]2OC(C)(C)O[C@@H]2[C@H]2OC(C)(C)O[C@H]21. The normalized spacial score (nSPS) is 28.0. The van der Waals surface area contributed by atoms with Gasteiger partial charge in [0.25, 0.3) is 0 Å². The van der Waals surface area contributed by atoms with E-state index in [0.29, 0.717) is 6.42 Å². The summed E-state index contributed by atoms with van der Waals surface area (Å²) in [7, 11) is 0. The average Bonchev–Trinajstić information content (AvgIpc) is 3.42. The number of esters is 1. The van der Waals surface area contributed by atoms with Gasteiger partial charge in [0.1, 0.15) is 31.0 Å². The first-order valence-corrected chi connectivity index (χ1v) is 17.2. The van der Waals surface area contributed by atoms with Crippen molar-refractivity contribution in [3.8, 4) is 0 Å². The van der Waals surface area contributed by atoms with E-state index in [2.05, 4.69) is 6.92 Å². The molecule has 0 spiro atoms. The van der Waals surface area contributed by atoms with Gasteiger partial charge in [-0.1, -0.05) is 122 Å². The lowest BCUT2D eigenvalue weighted by atomic mass is 9.99. The van der Waals surface area contributed by atoms with E-state index >= 15 is 0 Å². The average molecular weight is 583 g/mol. The maximum atomic E-state index is 12.4. The standard InChI is InChI=1S/C34H62O7/c1-6-7-8-9-10-11-12-13-14-15-16-17-18-19-20-21-22-23-24-25-28(35)36-26-27-29-30(39-33(2,3)38-29)31-32(37-27)41-34(4,5)40-31/h27,29-32H,6-26H2,1-5H3/t27-,29-,30-,31+,32-/m0/s1. The minimum absolute atomic E-state index is 0.131. The van der Waals surface area contributed by atoms with Gasteiger partial charge in [-0.15, -0.1) is 0 Å². The van der Waals surface area contributed by atoms with Gasteiger partial charge in [-0.25, -0.2) is 0 Å². The molecule has 0 bridgehead atoms. The van der Waals surface area contributed by atoms with Crippen molar-refractivity contribution >= 4 is 5.97 Å². The van der Waals surface area contributed by atoms with Crippen LogP contribution in [-0.2, 0) is 33.2 Å². The van der Waals surface area contributed by atoms with E-state index in [-0.39, 0.29) is 30.9 Å². The van der Waals surface area contributed by atoms with Crippen LogP contribution in [0.1, 0.15) is 163 Å². The number of ether oxygens (including phenoxy) is 6. The first kappa shape index (κ1) is 34.8. The number of hydrogen-bond donors (Lipinski definition) is 0. The summed E-state index contributed by atoms with van der Waals surface area (Å²) in [5.74, 6) is -1.69. The lowest BCUT2D eigenvalue weighted by molar-refractivity contribution is -0.242. The minimum Gasteiger partial charge on any atom is -0.463 e. The van der Waals surface area contributed by atoms with Crippen molar-refractivity contribution in [1.29, 1.82) is 0 Å². The molecule has 5 atom stereocenters. The van der Waals surface area contributed by atoms with E-state index in [9.17, 15) is 4.79 Å². The molecule has 0 N–H and O–H groups in total. The summed E-state index contributed by atoms with van der Waals surface area (Å²) in [5, 5.41) is 0. The Kier molecular flexibility index (Phi) is 15.4. The van der Waals surface area contributed by atoms with Gasteiger partial charge < -0.3 is 28.4 Å². The van der Waals surface area contributed by atoms with Gasteiger partial charge >= 0.3 is 5.97 Å². The fraction of sp³-hybridized carbons (Fsp3) is 0.971. The van der Waals surface area contributed by atoms with E-state index in [1.807, 2.05) is 27.7 Å². The molecular weight excluding hydrogens is 520 g/mol. The lowest BCUT2D eigenvalue weighted by Crippen LogP contribution is -2.56. The van der Waals surface area contributed by atoms with Crippen LogP contribution < -0.4 is 0 Å². The monoisotopic (exact) mass is 582 g/mol. The summed E-state index contributed by atoms with van der Waals surface area (Å²) in [6, 6.07) is 0. The van der Waals surface area contributed by atoms with Crippen molar-refractivity contribution in [3.63, 3.8) is 0 Å². The second-order valence-electron chi connectivity index (χ2n) is 13.5. The highest BCUT2D eigenvalue weighted by atomic mass is 16.9. The molecular formula is C34H62O7. The Morgan fingerprint density at radius 1 is 0.561 bits per heavy atom. The van der Waals surface area contributed by atoms with Crippen LogP contribution in [0, 0.1) is 0 Å². The molecule has 0 amide bonds. The Labute approximate surface area is 251 Å². The molecule has 3 saturated heterocycles. The first-order chi connectivity index (χ1) is 19.7. The van der Waals surface area contributed by atoms with E-state index < -0.39 is 24.0 Å². The molecule has 0 aromatic carbocycles. The van der Waals surface area contributed by atoms with E-state index in [0.717, 1.165) is 12.8 Å². The molecule has 3 aliphatic rings. The summed E-state index contributed by atoms with van der Waals surface area (Å²) < 4.78 is 35.9. The summed E-state index contributed by atoms with van der Waals surface area (Å²) in [5.41, 5.74) is 0. The quantitative estimate of drug-likeness (QED) is 0.0933. The molecule has 0 radical (unpaired) electrons. The van der Waals surface area contributed by atoms with Gasteiger partial charge in [-0.05, 0) is 34.1 Å². The fourth-order valence-electron chi connectivity index (χ4n) is 6.42. The van der Waals surface area contributed by atoms with Crippen LogP contribution >= 0.6 is 0 Å². The Hall–Kier alpha value is -0.730. The van der Waals surface area contributed by atoms with Crippen LogP contribution in [0.2, 0.25) is 0 Å². The van der Waals surface area contributed by atoms with Crippen LogP contribution in [0.3, 0.4) is 0 Å². The van der Waals surface area contributed by atoms with Crippen molar-refractivity contribution in [3.05, 3.63) is 0 Å². The highest BCUT2D eigenvalue weighted by Crippen LogP contribution is 2.44. The van der Waals surface area contributed by atoms with Crippen LogP contribution in [0.15, 0.2) is 0 Å². The molecule has 3 heterocycles. The van der Waals surface area contributed by atoms with Crippen molar-refractivity contribution in [2.45, 2.75) is 205 Å². The topological polar surface area (TPSA) is 72.5 Å². The van der Waals surface area contributed by atoms with Crippen LogP contribution in [0.25, 0.3) is 0 Å². The van der Waals surface area contributed by atoms with Gasteiger partial charge in [-0.3, -0.25) is 4.79 Å². The molecule has 0 aromatic heterocycles. The Balaban J connectivity index is 1.12. The second kappa shape index (κ2) is 18.2. The molecule has 0 aliphatic carbocycles. The minimum atomic E-state index is -0.756. The van der Waals surface area contributed by atoms with Crippen LogP contribution in [0.5, 0.6) is 0 Å². The smallest absolute Gasteiger partial charge is 0.305 e. The van der Waals surface area contributed by atoms with Crippen molar-refractivity contribution in [2.24, 2.45) is 0 Å². The second-order valence-corrected chi connectivity index (χ2v) is 13.5. The Morgan fingerprint density at radius 3 is 1.49 bits per heavy atom. The molecule has 7 heteroatoms. The summed E-state index contributed by atoms with van der Waals surface area (Å²) in [6.07, 6.45) is 23.8. The summed E-state index contributed by atoms with van der Waals surface area (Å²) in [6.45, 7) is 9.89. The highest BCUT2D eigenvalue weighted by molar-refractivity contribution is 5.69. The summed E-state index contributed by atoms with van der Waals surface area (Å²) >= 11 is 0. The zero-order valence-corrected chi connectivity index (χ0v) is 27.1. The molecule has 7 nitrogen and oxygen atoms in total. The van der Waals surface area contributed by atoms with Crippen molar-refractivity contribution in [2.75, 3.05) is 6.61 Å². The molecule has 0 aromatic rings. The third-order valence-electron chi connectivity index (χ3n) is 8.64. The lowest BCUT2D eigenvalue weighted by Gasteiger charge is -2.36. The number of hydrogen-bond acceptors (Lipinski definition) is 7. The van der Waals surface area contributed by atoms with Crippen molar-refractivity contribution < 1.29 is 33.2 Å². The predicted octanol–water partition coefficient (Wildman–Crippen LogP) is 8.75. The first-order valence-electron chi connectivity index (χ1n) is 17.2. The number of carbonyl (C=O) groups excluding carboxylic acids is 1. The van der Waals surface area contributed by atoms with Crippen LogP contribution in [-0.4, -0.2) is 54.9 Å². The molecule has 41 heavy (non-hydrogen) atoms. The zero-order valence-electron chi connectivity index (χ0n) is 27.1. The highest BCUT2D eigenvalue weighted by Gasteiger charge is 2.60. The van der Waals surface area contributed by atoms with Gasteiger partial charge in [0, 0.05) is 6.42 Å². The van der Waals surface area contributed by atoms with E-state index in [1.54, 1.807) is 0 Å². The molecule has 3 aliphatic heterocycles. The number of carbonyl (C=O) groups is 1. The van der Waals surface area contributed by atoms with Gasteiger partial charge in [0.05, 0.1) is 0 Å². The molecule has 3 rings (SSSR count). The van der Waals surface area contributed by atoms with Crippen LogP contribution in [0.4, 0.5) is 0 Å². The van der Waals surface area contributed by atoms with Gasteiger partial charge in [0.15, 0.2) is 17.9 Å². The number of rotatable bonds is 22. The number of unbranched alkanes of at least 4 members (excludes halogenated alkanes) is 18. The number of fused-ring (bicyclic) bond motifs is 3. The maximum Gasteiger partial charge on any atom is 0.305 e. The van der Waals surface area contributed by atoms with Gasteiger partial charge in [0.2, 0.25) is 0 Å². The molecule has 0 saturated carbocycles. The largest absolute Gasteiger partial charge is 0.463 e. The van der Waals surface area contributed by atoms with E-state index in [4.69, 9.17) is 28.4 Å². The molecule has 3 fully saturated rings. The van der Waals surface area contributed by atoms with Crippen molar-refractivity contribution in [1.82, 2.24) is 0 Å². The summed E-state index contributed by atoms with van der Waals surface area (Å²) in [4.78, 5) is 12.4. The predicted molar refractivity (Wildman–Crippen MR) is 161 cm³/mol. The van der Waals surface area contributed by atoms with Gasteiger partial charge in [-0.2, -0.15) is 0 Å². The van der Waals surface area contributed by atoms with E-state index in [1.165, 1.54) is 109 Å². The Bertz CT molecular complexity index is 724. The Morgan fingerprint density at radius 2 is 0.976 bits per heavy atom. The molecule has 0 unspecified atom stereocenters.